The van der Waals surface area contributed by atoms with Gasteiger partial charge in [0.2, 0.25) is 5.91 Å². The summed E-state index contributed by atoms with van der Waals surface area (Å²) in [4.78, 5) is 14.4. The minimum Gasteiger partial charge on any atom is -0.317 e. The van der Waals surface area contributed by atoms with E-state index in [1.54, 1.807) is 11.3 Å². The predicted octanol–water partition coefficient (Wildman–Crippen LogP) is 6.32. The molecule has 4 heteroatoms. The van der Waals surface area contributed by atoms with Crippen LogP contribution in [0.5, 0.6) is 0 Å². The second kappa shape index (κ2) is 6.84. The van der Waals surface area contributed by atoms with E-state index in [9.17, 15) is 10.1 Å². The van der Waals surface area contributed by atoms with Gasteiger partial charge in [-0.15, -0.1) is 11.3 Å². The van der Waals surface area contributed by atoms with E-state index in [1.165, 1.54) is 49.0 Å². The Labute approximate surface area is 179 Å². The predicted molar refractivity (Wildman–Crippen MR) is 118 cm³/mol. The topological polar surface area (TPSA) is 52.9 Å². The zero-order valence-electron chi connectivity index (χ0n) is 18.1. The number of fused-ring (bicyclic) bond motifs is 1. The number of nitrogens with one attached hydrogen (secondary N) is 1. The molecule has 6 rings (SSSR count). The van der Waals surface area contributed by atoms with Crippen LogP contribution in [0.3, 0.4) is 0 Å². The molecule has 0 radical (unpaired) electrons. The molecule has 3 nitrogen and oxygen atoms in total. The third-order valence-corrected chi connectivity index (χ3v) is 9.73. The highest BCUT2D eigenvalue weighted by atomic mass is 32.1. The second-order valence-corrected chi connectivity index (χ2v) is 12.9. The first-order valence-corrected chi connectivity index (χ1v) is 12.4. The van der Waals surface area contributed by atoms with Crippen molar-refractivity contribution < 1.29 is 4.79 Å². The van der Waals surface area contributed by atoms with Crippen molar-refractivity contribution in [3.05, 3.63) is 16.0 Å². The first-order chi connectivity index (χ1) is 13.7. The standard InChI is InChI=1S/C25H34N2OS/c1-24(2,3)18-4-5-19-20(14-26)23(29-21(19)9-18)27-22(28)13-25-10-15-6-16(11-25)8-17(7-15)12-25/h15-18H,4-13H2,1-3H3,(H,27,28)/t15?,16?,17?,18-,25?/m1/s1. The number of hydrogen-bond donors (Lipinski definition) is 1. The Bertz CT molecular complexity index is 833. The van der Waals surface area contributed by atoms with Crippen LogP contribution in [0.15, 0.2) is 0 Å². The average molecular weight is 411 g/mol. The number of nitriles is 1. The summed E-state index contributed by atoms with van der Waals surface area (Å²) in [6.45, 7) is 6.95. The number of carbonyl (C=O) groups is 1. The maximum Gasteiger partial charge on any atom is 0.225 e. The fourth-order valence-corrected chi connectivity index (χ4v) is 8.84. The Morgan fingerprint density at radius 3 is 2.34 bits per heavy atom. The summed E-state index contributed by atoms with van der Waals surface area (Å²) in [6, 6.07) is 2.42. The van der Waals surface area contributed by atoms with E-state index in [4.69, 9.17) is 0 Å². The largest absolute Gasteiger partial charge is 0.317 e. The highest BCUT2D eigenvalue weighted by Crippen LogP contribution is 2.61. The third-order valence-electron chi connectivity index (χ3n) is 8.56. The van der Waals surface area contributed by atoms with Gasteiger partial charge >= 0.3 is 0 Å². The van der Waals surface area contributed by atoms with Crippen LogP contribution in [0.2, 0.25) is 0 Å². The molecule has 29 heavy (non-hydrogen) atoms. The Hall–Kier alpha value is -1.34. The van der Waals surface area contributed by atoms with E-state index < -0.39 is 0 Å². The fraction of sp³-hybridized carbons (Fsp3) is 0.760. The maximum absolute atomic E-state index is 13.1. The van der Waals surface area contributed by atoms with Gasteiger partial charge < -0.3 is 5.32 Å². The van der Waals surface area contributed by atoms with Crippen LogP contribution in [0.1, 0.15) is 88.1 Å². The Morgan fingerprint density at radius 1 is 1.17 bits per heavy atom. The van der Waals surface area contributed by atoms with Crippen LogP contribution in [0.25, 0.3) is 0 Å². The van der Waals surface area contributed by atoms with Crippen molar-refractivity contribution in [2.24, 2.45) is 34.5 Å². The van der Waals surface area contributed by atoms with E-state index in [0.717, 1.165) is 47.6 Å². The fourth-order valence-electron chi connectivity index (χ4n) is 7.55. The van der Waals surface area contributed by atoms with E-state index >= 15 is 0 Å². The van der Waals surface area contributed by atoms with Gasteiger partial charge in [0.05, 0.1) is 5.56 Å². The summed E-state index contributed by atoms with van der Waals surface area (Å²) in [5.74, 6) is 3.40. The number of amides is 1. The quantitative estimate of drug-likeness (QED) is 0.634. The number of hydrogen-bond acceptors (Lipinski definition) is 3. The number of thiophene rings is 1. The number of rotatable bonds is 3. The highest BCUT2D eigenvalue weighted by molar-refractivity contribution is 7.16. The van der Waals surface area contributed by atoms with Gasteiger partial charge in [0.15, 0.2) is 0 Å². The molecule has 1 heterocycles. The molecule has 0 spiro atoms. The van der Waals surface area contributed by atoms with Crippen LogP contribution in [0.4, 0.5) is 5.00 Å². The van der Waals surface area contributed by atoms with E-state index in [-0.39, 0.29) is 16.7 Å². The lowest BCUT2D eigenvalue weighted by molar-refractivity contribution is -0.124. The molecular weight excluding hydrogens is 376 g/mol. The van der Waals surface area contributed by atoms with Crippen LogP contribution in [-0.2, 0) is 17.6 Å². The average Bonchev–Trinajstić information content (AvgIpc) is 2.95. The molecule has 156 valence electrons. The molecule has 0 saturated heterocycles. The smallest absolute Gasteiger partial charge is 0.225 e. The molecule has 0 aromatic carbocycles. The lowest BCUT2D eigenvalue weighted by atomic mass is 9.49. The van der Waals surface area contributed by atoms with E-state index in [2.05, 4.69) is 32.2 Å². The van der Waals surface area contributed by atoms with Crippen LogP contribution in [-0.4, -0.2) is 5.91 Å². The SMILES string of the molecule is CC(C)(C)[C@@H]1CCc2c(sc(NC(=O)CC34CC5CC(CC(C5)C3)C4)c2C#N)C1. The normalized spacial score (nSPS) is 35.2. The summed E-state index contributed by atoms with van der Waals surface area (Å²) >= 11 is 1.67. The molecule has 4 saturated carbocycles. The molecule has 4 bridgehead atoms. The molecule has 1 aromatic heterocycles. The van der Waals surface area contributed by atoms with Crippen molar-refractivity contribution in [2.45, 2.75) is 85.0 Å². The number of anilines is 1. The Morgan fingerprint density at radius 2 is 1.79 bits per heavy atom. The molecule has 1 atom stereocenters. The van der Waals surface area contributed by atoms with Crippen molar-refractivity contribution in [2.75, 3.05) is 5.32 Å². The first-order valence-electron chi connectivity index (χ1n) is 11.6. The summed E-state index contributed by atoms with van der Waals surface area (Å²) < 4.78 is 0. The van der Waals surface area contributed by atoms with Crippen LogP contribution >= 0.6 is 11.3 Å². The van der Waals surface area contributed by atoms with Crippen molar-refractivity contribution in [1.82, 2.24) is 0 Å². The minimum atomic E-state index is 0.148. The third kappa shape index (κ3) is 3.54. The van der Waals surface area contributed by atoms with Crippen LogP contribution in [0, 0.1) is 45.8 Å². The van der Waals surface area contributed by atoms with E-state index in [1.807, 2.05) is 0 Å². The summed E-state index contributed by atoms with van der Waals surface area (Å²) in [5, 5.41) is 13.8. The zero-order chi connectivity index (χ0) is 20.4. The van der Waals surface area contributed by atoms with Gasteiger partial charge in [0.1, 0.15) is 11.1 Å². The molecule has 1 N–H and O–H groups in total. The Kier molecular flexibility index (Phi) is 4.63. The van der Waals surface area contributed by atoms with Gasteiger partial charge in [-0.25, -0.2) is 0 Å². The van der Waals surface area contributed by atoms with Crippen molar-refractivity contribution in [1.29, 1.82) is 5.26 Å². The van der Waals surface area contributed by atoms with Gasteiger partial charge in [0, 0.05) is 11.3 Å². The second-order valence-electron chi connectivity index (χ2n) is 11.8. The lowest BCUT2D eigenvalue weighted by Gasteiger charge is -2.56. The molecule has 5 aliphatic carbocycles. The van der Waals surface area contributed by atoms with Gasteiger partial charge in [0.25, 0.3) is 0 Å². The van der Waals surface area contributed by atoms with Crippen molar-refractivity contribution >= 4 is 22.2 Å². The Balaban J connectivity index is 1.32. The van der Waals surface area contributed by atoms with Gasteiger partial charge in [-0.05, 0) is 97.9 Å². The lowest BCUT2D eigenvalue weighted by Crippen LogP contribution is -2.47. The number of carbonyl (C=O) groups excluding carboxylic acids is 1. The first kappa shape index (κ1) is 19.6. The highest BCUT2D eigenvalue weighted by Gasteiger charge is 2.51. The van der Waals surface area contributed by atoms with Crippen LogP contribution < -0.4 is 5.32 Å². The zero-order valence-corrected chi connectivity index (χ0v) is 19.0. The number of nitrogens with zero attached hydrogens (tertiary/aromatic N) is 1. The van der Waals surface area contributed by atoms with Gasteiger partial charge in [-0.2, -0.15) is 5.26 Å². The minimum absolute atomic E-state index is 0.148. The summed E-state index contributed by atoms with van der Waals surface area (Å²) in [5.41, 5.74) is 2.50. The molecule has 4 fully saturated rings. The monoisotopic (exact) mass is 410 g/mol. The van der Waals surface area contributed by atoms with Gasteiger partial charge in [-0.1, -0.05) is 20.8 Å². The molecule has 0 aliphatic heterocycles. The van der Waals surface area contributed by atoms with Crippen molar-refractivity contribution in [3.8, 4) is 6.07 Å². The maximum atomic E-state index is 13.1. The molecule has 1 aromatic rings. The molecular formula is C25H34N2OS. The van der Waals surface area contributed by atoms with Gasteiger partial charge in [-0.3, -0.25) is 4.79 Å². The summed E-state index contributed by atoms with van der Waals surface area (Å²) in [6.07, 6.45) is 11.8. The molecule has 1 amide bonds. The molecule has 5 aliphatic rings. The van der Waals surface area contributed by atoms with Crippen molar-refractivity contribution in [3.63, 3.8) is 0 Å². The summed E-state index contributed by atoms with van der Waals surface area (Å²) in [7, 11) is 0. The molecule has 0 unspecified atom stereocenters. The van der Waals surface area contributed by atoms with E-state index in [0.29, 0.717) is 12.3 Å².